The first-order valence-electron chi connectivity index (χ1n) is 4.88. The van der Waals surface area contributed by atoms with E-state index in [1.807, 2.05) is 20.9 Å². The zero-order valence-corrected chi connectivity index (χ0v) is 11.8. The molecule has 0 aliphatic heterocycles. The topological polar surface area (TPSA) is 41.1 Å². The molecule has 14 heavy (non-hydrogen) atoms. The molecule has 84 valence electrons. The van der Waals surface area contributed by atoms with E-state index in [9.17, 15) is 4.79 Å². The molecule has 3 nitrogen and oxygen atoms in total. The Morgan fingerprint density at radius 3 is 2.21 bits per heavy atom. The molecule has 1 atom stereocenters. The number of carbonyl (C=O) groups is 1. The monoisotopic (exact) mass is 312 g/mol. The first-order valence-corrected chi connectivity index (χ1v) is 6.41. The fourth-order valence-electron chi connectivity index (χ4n) is 1.32. The van der Waals surface area contributed by atoms with Gasteiger partial charge in [0, 0.05) is 10.5 Å². The van der Waals surface area contributed by atoms with Gasteiger partial charge in [-0.3, -0.25) is 4.79 Å². The van der Waals surface area contributed by atoms with Crippen LogP contribution in [0.2, 0.25) is 0 Å². The number of halogens is 1. The molecule has 0 unspecified atom stereocenters. The van der Waals surface area contributed by atoms with Crippen LogP contribution in [-0.4, -0.2) is 29.5 Å². The van der Waals surface area contributed by atoms with Crippen LogP contribution in [-0.2, 0) is 4.79 Å². The van der Waals surface area contributed by atoms with Crippen LogP contribution in [0.4, 0.5) is 0 Å². The van der Waals surface area contributed by atoms with Gasteiger partial charge >= 0.3 is 0 Å². The molecular formula is C10H21IN2O. The third-order valence-electron chi connectivity index (χ3n) is 2.11. The lowest BCUT2D eigenvalue weighted by molar-refractivity contribution is -0.125. The second-order valence-electron chi connectivity index (χ2n) is 4.51. The fraction of sp³-hybridized carbons (Fsp3) is 0.900. The second-order valence-corrected chi connectivity index (χ2v) is 5.27. The molecule has 0 spiro atoms. The Balaban J connectivity index is 4.48. The van der Waals surface area contributed by atoms with Crippen LogP contribution in [0, 0.1) is 5.41 Å². The Kier molecular flexibility index (Phi) is 5.97. The summed E-state index contributed by atoms with van der Waals surface area (Å²) in [5.74, 6) is 0.0872. The van der Waals surface area contributed by atoms with E-state index in [0.29, 0.717) is 0 Å². The Hall–Kier alpha value is 0.160. The van der Waals surface area contributed by atoms with Gasteiger partial charge in [0.25, 0.3) is 0 Å². The van der Waals surface area contributed by atoms with Crippen LogP contribution < -0.4 is 10.6 Å². The molecule has 0 bridgehead atoms. The zero-order chi connectivity index (χ0) is 11.4. The van der Waals surface area contributed by atoms with Crippen molar-refractivity contribution in [3.8, 4) is 0 Å². The van der Waals surface area contributed by atoms with Crippen molar-refractivity contribution in [1.29, 1.82) is 0 Å². The molecule has 0 aromatic heterocycles. The molecule has 0 aliphatic carbocycles. The van der Waals surface area contributed by atoms with E-state index in [1.165, 1.54) is 0 Å². The zero-order valence-electron chi connectivity index (χ0n) is 9.65. The highest BCUT2D eigenvalue weighted by atomic mass is 127. The number of likely N-dealkylation sites (N-methyl/N-ethyl adjacent to an activating group) is 1. The van der Waals surface area contributed by atoms with Crippen LogP contribution in [0.1, 0.15) is 27.7 Å². The third kappa shape index (κ3) is 4.13. The second kappa shape index (κ2) is 5.90. The smallest absolute Gasteiger partial charge is 0.237 e. The average molecular weight is 312 g/mol. The molecule has 0 aromatic carbocycles. The number of rotatable bonds is 5. The molecule has 2 N–H and O–H groups in total. The summed E-state index contributed by atoms with van der Waals surface area (Å²) in [6.07, 6.45) is 0. The van der Waals surface area contributed by atoms with Crippen molar-refractivity contribution in [2.75, 3.05) is 11.5 Å². The minimum atomic E-state index is -0.123. The molecule has 0 rings (SSSR count). The standard InChI is InChI=1S/C10H21IN2O/c1-7(2)13-9(14)8(12-5)10(3,4)6-11/h7-8,12H,6H2,1-5H3,(H,13,14)/t8-/m0/s1. The van der Waals surface area contributed by atoms with E-state index >= 15 is 0 Å². The van der Waals surface area contributed by atoms with Crippen LogP contribution in [0.5, 0.6) is 0 Å². The van der Waals surface area contributed by atoms with E-state index in [1.54, 1.807) is 0 Å². The van der Waals surface area contributed by atoms with Gasteiger partial charge in [0.1, 0.15) is 0 Å². The van der Waals surface area contributed by atoms with E-state index in [2.05, 4.69) is 47.1 Å². The number of nitrogens with one attached hydrogen (secondary N) is 2. The minimum absolute atomic E-state index is 0.0196. The fourth-order valence-corrected chi connectivity index (χ4v) is 1.76. The van der Waals surface area contributed by atoms with E-state index < -0.39 is 0 Å². The highest BCUT2D eigenvalue weighted by Crippen LogP contribution is 2.23. The van der Waals surface area contributed by atoms with E-state index in [-0.39, 0.29) is 23.4 Å². The highest BCUT2D eigenvalue weighted by molar-refractivity contribution is 14.1. The van der Waals surface area contributed by atoms with Gasteiger partial charge < -0.3 is 10.6 Å². The largest absolute Gasteiger partial charge is 0.353 e. The maximum atomic E-state index is 11.8. The number of hydrogen-bond donors (Lipinski definition) is 2. The van der Waals surface area contributed by atoms with Gasteiger partial charge in [0.15, 0.2) is 0 Å². The van der Waals surface area contributed by atoms with Crippen molar-refractivity contribution in [3.63, 3.8) is 0 Å². The van der Waals surface area contributed by atoms with Gasteiger partial charge in [-0.25, -0.2) is 0 Å². The molecule has 4 heteroatoms. The number of alkyl halides is 1. The molecule has 0 aliphatic rings. The summed E-state index contributed by atoms with van der Waals surface area (Å²) in [4.78, 5) is 11.8. The van der Waals surface area contributed by atoms with Crippen molar-refractivity contribution in [2.24, 2.45) is 5.41 Å². The Labute approximate surface area is 101 Å². The van der Waals surface area contributed by atoms with Crippen molar-refractivity contribution < 1.29 is 4.79 Å². The molecule has 1 amide bonds. The summed E-state index contributed by atoms with van der Waals surface area (Å²) in [6, 6.07) is 0.0742. The molecule has 0 heterocycles. The molecule has 0 fully saturated rings. The van der Waals surface area contributed by atoms with Gasteiger partial charge in [0.2, 0.25) is 5.91 Å². The predicted octanol–water partition coefficient (Wildman–Crippen LogP) is 1.56. The van der Waals surface area contributed by atoms with E-state index in [0.717, 1.165) is 4.43 Å². The van der Waals surface area contributed by atoms with Gasteiger partial charge in [-0.15, -0.1) is 0 Å². The maximum Gasteiger partial charge on any atom is 0.237 e. The van der Waals surface area contributed by atoms with Gasteiger partial charge in [-0.05, 0) is 26.3 Å². The quantitative estimate of drug-likeness (QED) is 0.597. The molecule has 0 saturated carbocycles. The Morgan fingerprint density at radius 2 is 1.93 bits per heavy atom. The lowest BCUT2D eigenvalue weighted by atomic mass is 9.86. The normalized spacial score (nSPS) is 14.2. The molecule has 0 aromatic rings. The summed E-state index contributed by atoms with van der Waals surface area (Å²) in [5.41, 5.74) is -0.0196. The third-order valence-corrected chi connectivity index (χ3v) is 4.07. The van der Waals surface area contributed by atoms with Crippen LogP contribution in [0.25, 0.3) is 0 Å². The van der Waals surface area contributed by atoms with E-state index in [4.69, 9.17) is 0 Å². The number of hydrogen-bond acceptors (Lipinski definition) is 2. The lowest BCUT2D eigenvalue weighted by Gasteiger charge is -2.31. The van der Waals surface area contributed by atoms with Gasteiger partial charge in [-0.2, -0.15) is 0 Å². The summed E-state index contributed by atoms with van der Waals surface area (Å²) in [5, 5.41) is 6.01. The summed E-state index contributed by atoms with van der Waals surface area (Å²) < 4.78 is 0.946. The van der Waals surface area contributed by atoms with Crippen molar-refractivity contribution >= 4 is 28.5 Å². The summed E-state index contributed by atoms with van der Waals surface area (Å²) in [7, 11) is 1.83. The summed E-state index contributed by atoms with van der Waals surface area (Å²) >= 11 is 2.32. The molecule has 0 saturated heterocycles. The Bertz CT molecular complexity index is 193. The predicted molar refractivity (Wildman–Crippen MR) is 68.8 cm³/mol. The van der Waals surface area contributed by atoms with Crippen molar-refractivity contribution in [1.82, 2.24) is 10.6 Å². The molecule has 0 radical (unpaired) electrons. The van der Waals surface area contributed by atoms with Crippen LogP contribution in [0.3, 0.4) is 0 Å². The van der Waals surface area contributed by atoms with Crippen molar-refractivity contribution in [2.45, 2.75) is 39.8 Å². The lowest BCUT2D eigenvalue weighted by Crippen LogP contribution is -2.53. The number of amides is 1. The van der Waals surface area contributed by atoms with Crippen molar-refractivity contribution in [3.05, 3.63) is 0 Å². The van der Waals surface area contributed by atoms with Gasteiger partial charge in [-0.1, -0.05) is 36.4 Å². The highest BCUT2D eigenvalue weighted by Gasteiger charge is 2.33. The van der Waals surface area contributed by atoms with Crippen LogP contribution in [0.15, 0.2) is 0 Å². The first-order chi connectivity index (χ1) is 6.35. The minimum Gasteiger partial charge on any atom is -0.353 e. The Morgan fingerprint density at radius 1 is 1.43 bits per heavy atom. The van der Waals surface area contributed by atoms with Crippen LogP contribution >= 0.6 is 22.6 Å². The average Bonchev–Trinajstić information content (AvgIpc) is 2.03. The maximum absolute atomic E-state index is 11.8. The summed E-state index contributed by atoms with van der Waals surface area (Å²) in [6.45, 7) is 8.14. The van der Waals surface area contributed by atoms with Gasteiger partial charge in [0.05, 0.1) is 6.04 Å². The SMILES string of the molecule is CN[C@@H](C(=O)NC(C)C)C(C)(C)CI. The number of carbonyl (C=O) groups excluding carboxylic acids is 1. The molecular weight excluding hydrogens is 291 g/mol. The first kappa shape index (κ1) is 14.2.